The maximum Gasteiger partial charge on any atom is 1.00 e. The minimum atomic E-state index is -3.40. The maximum atomic E-state index is 10.6. The van der Waals surface area contributed by atoms with E-state index in [2.05, 4.69) is 4.18 Å². The third-order valence-corrected chi connectivity index (χ3v) is 2.74. The van der Waals surface area contributed by atoms with Crippen LogP contribution in [0.4, 0.5) is 0 Å². The van der Waals surface area contributed by atoms with E-state index in [1.807, 2.05) is 44.7 Å². The Balaban J connectivity index is 0.00000196. The molecular weight excluding hydrogens is 306 g/mol. The maximum absolute atomic E-state index is 10.6. The van der Waals surface area contributed by atoms with Gasteiger partial charge in [0.2, 0.25) is 0 Å². The van der Waals surface area contributed by atoms with Gasteiger partial charge in [0.25, 0.3) is 0 Å². The van der Waals surface area contributed by atoms with Crippen molar-refractivity contribution in [3.8, 4) is 0 Å². The quantitative estimate of drug-likeness (QED) is 0.469. The molecule has 0 N–H and O–H groups in total. The van der Waals surface area contributed by atoms with Crippen molar-refractivity contribution in [1.82, 2.24) is 0 Å². The Bertz CT molecular complexity index is 366. The van der Waals surface area contributed by atoms with Crippen LogP contribution in [0.1, 0.15) is 12.0 Å². The van der Waals surface area contributed by atoms with Crippen molar-refractivity contribution in [2.24, 2.45) is 0 Å². The Hall–Kier alpha value is 1.45. The van der Waals surface area contributed by atoms with Crippen LogP contribution >= 0.6 is 0 Å². The molecule has 0 aliphatic carbocycles. The molecule has 0 amide bonds. The van der Waals surface area contributed by atoms with Crippen molar-refractivity contribution in [3.05, 3.63) is 35.9 Å². The number of hydrogen-bond donors (Lipinski definition) is 0. The van der Waals surface area contributed by atoms with Crippen LogP contribution in [0.2, 0.25) is 0 Å². The van der Waals surface area contributed by atoms with Crippen LogP contribution in [0.15, 0.2) is 30.3 Å². The summed E-state index contributed by atoms with van der Waals surface area (Å²) < 4.78 is 25.7. The fraction of sp³-hybridized carbons (Fsp3) is 0.333. The van der Waals surface area contributed by atoms with Crippen LogP contribution in [0.5, 0.6) is 0 Å². The number of hydrogen-bond acceptors (Lipinski definition) is 3. The Morgan fingerprint density at radius 1 is 1.33 bits per heavy atom. The molecule has 1 atom stereocenters. The molecule has 1 aromatic carbocycles. The first-order valence-corrected chi connectivity index (χ1v) is 7.65. The summed E-state index contributed by atoms with van der Waals surface area (Å²) in [5.41, 5.74) is 1.19. The molecule has 0 aliphatic rings. The van der Waals surface area contributed by atoms with Gasteiger partial charge in [0, 0.05) is 0 Å². The number of rotatable bonds is 5. The molecule has 0 saturated carbocycles. The minimum absolute atomic E-state index is 0. The van der Waals surface area contributed by atoms with E-state index in [9.17, 15) is 8.76 Å². The Kier molecular flexibility index (Phi) is 9.35. The van der Waals surface area contributed by atoms with Crippen molar-refractivity contribution in [2.75, 3.05) is 6.61 Å². The Labute approximate surface area is 140 Å². The van der Waals surface area contributed by atoms with Gasteiger partial charge < -0.3 is 0 Å². The van der Waals surface area contributed by atoms with Gasteiger partial charge in [-0.25, -0.2) is 0 Å². The zero-order valence-electron chi connectivity index (χ0n) is 8.55. The van der Waals surface area contributed by atoms with Crippen LogP contribution in [-0.2, 0) is 19.0 Å². The van der Waals surface area contributed by atoms with E-state index < -0.39 is 8.42 Å². The van der Waals surface area contributed by atoms with Gasteiger partial charge in [0.05, 0.1) is 0 Å². The van der Waals surface area contributed by atoms with Gasteiger partial charge in [-0.1, -0.05) is 0 Å². The average molecular weight is 317 g/mol. The summed E-state index contributed by atoms with van der Waals surface area (Å²) in [6, 6.07) is 9.88. The molecule has 0 heterocycles. The third kappa shape index (κ3) is 9.17. The molecule has 3 nitrogen and oxygen atoms in total. The van der Waals surface area contributed by atoms with Crippen LogP contribution in [0.25, 0.3) is 0 Å². The van der Waals surface area contributed by atoms with Crippen molar-refractivity contribution in [2.45, 2.75) is 12.8 Å². The summed E-state index contributed by atoms with van der Waals surface area (Å²) in [6.45, 7) is 0.226. The van der Waals surface area contributed by atoms with Gasteiger partial charge in [-0.15, -0.1) is 0 Å². The van der Waals surface area contributed by atoms with Crippen LogP contribution in [0.3, 0.4) is 0 Å². The summed E-state index contributed by atoms with van der Waals surface area (Å²) >= 11 is 1.96. The molecule has 78 valence electrons. The third-order valence-electron chi connectivity index (χ3n) is 1.68. The largest absolute Gasteiger partial charge is 1.00 e. The molecule has 0 fully saturated rings. The van der Waals surface area contributed by atoms with E-state index >= 15 is 0 Å². The first kappa shape index (κ1) is 16.4. The second kappa shape index (κ2) is 8.52. The van der Waals surface area contributed by atoms with E-state index in [1.54, 1.807) is 0 Å². The topological polar surface area (TPSA) is 49.4 Å². The average Bonchev–Trinajstić information content (AvgIpc) is 2.13. The van der Waals surface area contributed by atoms with Gasteiger partial charge in [-0.3, -0.25) is 0 Å². The van der Waals surface area contributed by atoms with E-state index in [4.69, 9.17) is 0 Å². The monoisotopic (exact) mass is 318 g/mol. The number of aryl methyl sites for hydroxylation is 1. The molecule has 1 unspecified atom stereocenters. The molecule has 1 aromatic rings. The van der Waals surface area contributed by atoms with Gasteiger partial charge in [0.15, 0.2) is 0 Å². The SMILES string of the molecule is O=S([O-])(=[Se])OCCCc1ccccc1.[K+]. The van der Waals surface area contributed by atoms with E-state index in [1.165, 1.54) is 5.56 Å². The first-order chi connectivity index (χ1) is 6.58. The van der Waals surface area contributed by atoms with Crippen LogP contribution in [0, 0.1) is 0 Å². The molecular formula is C9H11KO3SSe. The van der Waals surface area contributed by atoms with Gasteiger partial charge in [-0.2, -0.15) is 0 Å². The fourth-order valence-corrected chi connectivity index (χ4v) is 1.83. The molecule has 0 spiro atoms. The predicted molar refractivity (Wildman–Crippen MR) is 55.4 cm³/mol. The molecule has 0 saturated heterocycles. The second-order valence-electron chi connectivity index (χ2n) is 2.82. The number of benzene rings is 1. The first-order valence-electron chi connectivity index (χ1n) is 4.22. The molecule has 15 heavy (non-hydrogen) atoms. The van der Waals surface area contributed by atoms with Crippen molar-refractivity contribution >= 4 is 22.8 Å². The summed E-state index contributed by atoms with van der Waals surface area (Å²) in [5, 5.41) is 0. The van der Waals surface area contributed by atoms with Gasteiger partial charge in [0.1, 0.15) is 0 Å². The summed E-state index contributed by atoms with van der Waals surface area (Å²) in [4.78, 5) is 0. The zero-order valence-corrected chi connectivity index (χ0v) is 14.2. The Morgan fingerprint density at radius 2 is 1.93 bits per heavy atom. The van der Waals surface area contributed by atoms with Crippen molar-refractivity contribution in [1.29, 1.82) is 0 Å². The van der Waals surface area contributed by atoms with E-state index in [0.29, 0.717) is 6.42 Å². The normalized spacial score (nSPS) is 13.9. The summed E-state index contributed by atoms with van der Waals surface area (Å²) in [6.07, 6.45) is 1.53. The van der Waals surface area contributed by atoms with Gasteiger partial charge >= 0.3 is 142 Å². The smallest absolute Gasteiger partial charge is 1.00 e. The van der Waals surface area contributed by atoms with Gasteiger partial charge in [-0.05, 0) is 0 Å². The molecule has 0 aliphatic heterocycles. The Morgan fingerprint density at radius 3 is 2.47 bits per heavy atom. The molecule has 0 bridgehead atoms. The second-order valence-corrected chi connectivity index (χ2v) is 6.44. The summed E-state index contributed by atoms with van der Waals surface area (Å²) in [5.74, 6) is 0. The molecule has 6 heteroatoms. The standard InChI is InChI=1S/C9H12O3SSe.K/c10-13(11,14)12-8-4-7-9-5-2-1-3-6-9;/h1-3,5-6H,4,7-8H2,(H,10,11,14);/q;+1/p-1. The molecule has 1 rings (SSSR count). The fourth-order valence-electron chi connectivity index (χ4n) is 1.08. The zero-order chi connectivity index (χ0) is 10.4. The van der Waals surface area contributed by atoms with Crippen molar-refractivity contribution in [3.63, 3.8) is 0 Å². The summed E-state index contributed by atoms with van der Waals surface area (Å²) in [7, 11) is -3.40. The van der Waals surface area contributed by atoms with Crippen LogP contribution < -0.4 is 51.4 Å². The minimum Gasteiger partial charge on any atom is 1.00 e. The molecule has 0 aromatic heterocycles. The van der Waals surface area contributed by atoms with Crippen LogP contribution in [-0.4, -0.2) is 29.8 Å². The molecule has 0 radical (unpaired) electrons. The van der Waals surface area contributed by atoms with Crippen molar-refractivity contribution < 1.29 is 64.3 Å². The predicted octanol–water partition coefficient (Wildman–Crippen LogP) is -1.95. The van der Waals surface area contributed by atoms with E-state index in [0.717, 1.165) is 6.42 Å². The van der Waals surface area contributed by atoms with E-state index in [-0.39, 0.29) is 58.0 Å².